The maximum absolute atomic E-state index is 12.3. The number of ether oxygens (including phenoxy) is 2. The molecule has 0 fully saturated rings. The average molecular weight is 425 g/mol. The fourth-order valence-electron chi connectivity index (χ4n) is 3.41. The first-order valence-electron chi connectivity index (χ1n) is 9.37. The number of aromatic nitrogens is 4. The van der Waals surface area contributed by atoms with Crippen molar-refractivity contribution in [1.29, 1.82) is 0 Å². The Balaban J connectivity index is 1.44. The number of carbonyl (C=O) groups is 1. The van der Waals surface area contributed by atoms with Gasteiger partial charge < -0.3 is 9.47 Å². The van der Waals surface area contributed by atoms with E-state index in [2.05, 4.69) is 10.2 Å². The molecule has 0 N–H and O–H groups in total. The minimum Gasteiger partial charge on any atom is -0.496 e. The molecule has 0 atom stereocenters. The second kappa shape index (κ2) is 8.20. The highest BCUT2D eigenvalue weighted by atomic mass is 35.5. The zero-order valence-corrected chi connectivity index (χ0v) is 17.7. The molecule has 0 aliphatic rings. The summed E-state index contributed by atoms with van der Waals surface area (Å²) >= 11 is 6.05. The van der Waals surface area contributed by atoms with Gasteiger partial charge in [0.2, 0.25) is 0 Å². The van der Waals surface area contributed by atoms with E-state index >= 15 is 0 Å². The Bertz CT molecular complexity index is 1230. The van der Waals surface area contributed by atoms with Gasteiger partial charge in [-0.2, -0.15) is 10.2 Å². The average Bonchev–Trinajstić information content (AvgIpc) is 3.28. The number of esters is 1. The molecule has 4 aromatic rings. The van der Waals surface area contributed by atoms with E-state index in [4.69, 9.17) is 21.1 Å². The molecule has 0 saturated heterocycles. The highest BCUT2D eigenvalue weighted by Gasteiger charge is 2.15. The molecule has 0 unspecified atom stereocenters. The van der Waals surface area contributed by atoms with Crippen molar-refractivity contribution in [3.63, 3.8) is 0 Å². The molecule has 0 bridgehead atoms. The lowest BCUT2D eigenvalue weighted by Crippen LogP contribution is -2.08. The molecule has 2 heterocycles. The molecule has 0 radical (unpaired) electrons. The number of nitrogens with zero attached hydrogens (tertiary/aromatic N) is 4. The van der Waals surface area contributed by atoms with Gasteiger partial charge in [0.25, 0.3) is 0 Å². The van der Waals surface area contributed by atoms with Crippen LogP contribution in [0.5, 0.6) is 5.75 Å². The normalized spacial score (nSPS) is 11.1. The summed E-state index contributed by atoms with van der Waals surface area (Å²) in [6.07, 6.45) is 1.87. The number of aryl methyl sites for hydroxylation is 2. The van der Waals surface area contributed by atoms with Crippen molar-refractivity contribution in [2.45, 2.75) is 13.0 Å². The molecule has 4 rings (SSSR count). The number of carbonyl (C=O) groups excluding carboxylic acids is 1. The predicted octanol–water partition coefficient (Wildman–Crippen LogP) is 3.92. The molecule has 2 aromatic heterocycles. The molecule has 0 spiro atoms. The van der Waals surface area contributed by atoms with Crippen LogP contribution in [0.2, 0.25) is 5.02 Å². The smallest absolute Gasteiger partial charge is 0.312 e. The second-order valence-corrected chi connectivity index (χ2v) is 7.42. The van der Waals surface area contributed by atoms with Gasteiger partial charge in [0.15, 0.2) is 0 Å². The van der Waals surface area contributed by atoms with Crippen LogP contribution in [0.25, 0.3) is 22.2 Å². The molecule has 2 aromatic carbocycles. The fourth-order valence-corrected chi connectivity index (χ4v) is 3.57. The Labute approximate surface area is 178 Å². The van der Waals surface area contributed by atoms with E-state index in [1.54, 1.807) is 34.8 Å². The van der Waals surface area contributed by atoms with Crippen LogP contribution >= 0.6 is 11.6 Å². The van der Waals surface area contributed by atoms with Crippen molar-refractivity contribution >= 4 is 28.5 Å². The van der Waals surface area contributed by atoms with Gasteiger partial charge in [-0.1, -0.05) is 17.7 Å². The standard InChI is InChI=1S/C22H21ClN4O3/c1-26-19-7-4-14(8-15(19)12-24-26)13-30-22(28)11-17-10-20(27(2)25-17)18-6-5-16(23)9-21(18)29-3/h4-10,12H,11,13H2,1-3H3. The minimum absolute atomic E-state index is 0.0822. The van der Waals surface area contributed by atoms with Gasteiger partial charge in [-0.15, -0.1) is 0 Å². The number of benzene rings is 2. The Hall–Kier alpha value is -3.32. The van der Waals surface area contributed by atoms with Gasteiger partial charge in [0, 0.05) is 30.1 Å². The van der Waals surface area contributed by atoms with Crippen LogP contribution < -0.4 is 4.74 Å². The molecule has 30 heavy (non-hydrogen) atoms. The number of halogens is 1. The summed E-state index contributed by atoms with van der Waals surface area (Å²) in [7, 11) is 5.30. The highest BCUT2D eigenvalue weighted by molar-refractivity contribution is 6.30. The monoisotopic (exact) mass is 424 g/mol. The summed E-state index contributed by atoms with van der Waals surface area (Å²) in [6, 6.07) is 13.1. The highest BCUT2D eigenvalue weighted by Crippen LogP contribution is 2.32. The molecule has 0 aliphatic carbocycles. The van der Waals surface area contributed by atoms with E-state index in [1.165, 1.54) is 0 Å². The Morgan fingerprint density at radius 3 is 2.73 bits per heavy atom. The molecule has 0 amide bonds. The van der Waals surface area contributed by atoms with Crippen LogP contribution in [0.15, 0.2) is 48.7 Å². The summed E-state index contributed by atoms with van der Waals surface area (Å²) in [5.74, 6) is 0.305. The Kier molecular flexibility index (Phi) is 5.46. The maximum Gasteiger partial charge on any atom is 0.312 e. The van der Waals surface area contributed by atoms with Crippen molar-refractivity contribution in [2.75, 3.05) is 7.11 Å². The third-order valence-corrected chi connectivity index (χ3v) is 5.14. The molecular weight excluding hydrogens is 404 g/mol. The quantitative estimate of drug-likeness (QED) is 0.439. The molecule has 154 valence electrons. The molecular formula is C22H21ClN4O3. The zero-order chi connectivity index (χ0) is 21.3. The fraction of sp³-hybridized carbons (Fsp3) is 0.227. The third-order valence-electron chi connectivity index (χ3n) is 4.91. The first kappa shape index (κ1) is 20.0. The van der Waals surface area contributed by atoms with Crippen LogP contribution in [-0.2, 0) is 36.7 Å². The topological polar surface area (TPSA) is 71.2 Å². The van der Waals surface area contributed by atoms with E-state index in [9.17, 15) is 4.79 Å². The molecule has 0 aliphatic heterocycles. The second-order valence-electron chi connectivity index (χ2n) is 6.99. The van der Waals surface area contributed by atoms with E-state index < -0.39 is 0 Å². The molecule has 7 nitrogen and oxygen atoms in total. The van der Waals surface area contributed by atoms with Crippen molar-refractivity contribution < 1.29 is 14.3 Å². The molecule has 0 saturated carbocycles. The molecule has 8 heteroatoms. The first-order chi connectivity index (χ1) is 14.4. The number of fused-ring (bicyclic) bond motifs is 1. The summed E-state index contributed by atoms with van der Waals surface area (Å²) in [5, 5.41) is 10.3. The van der Waals surface area contributed by atoms with Gasteiger partial charge in [0.1, 0.15) is 12.4 Å². The number of hydrogen-bond acceptors (Lipinski definition) is 5. The lowest BCUT2D eigenvalue weighted by Gasteiger charge is -2.08. The van der Waals surface area contributed by atoms with Gasteiger partial charge in [-0.25, -0.2) is 0 Å². The lowest BCUT2D eigenvalue weighted by molar-refractivity contribution is -0.144. The SMILES string of the molecule is COc1cc(Cl)ccc1-c1cc(CC(=O)OCc2ccc3c(cnn3C)c2)nn1C. The van der Waals surface area contributed by atoms with E-state index in [0.717, 1.165) is 27.7 Å². The third kappa shape index (κ3) is 4.02. The van der Waals surface area contributed by atoms with Crippen molar-refractivity contribution in [3.05, 3.63) is 64.9 Å². The number of methoxy groups -OCH3 is 1. The maximum atomic E-state index is 12.3. The zero-order valence-electron chi connectivity index (χ0n) is 16.9. The summed E-state index contributed by atoms with van der Waals surface area (Å²) in [4.78, 5) is 12.3. The van der Waals surface area contributed by atoms with Crippen LogP contribution in [-0.4, -0.2) is 32.6 Å². The van der Waals surface area contributed by atoms with Gasteiger partial charge in [0.05, 0.1) is 36.6 Å². The van der Waals surface area contributed by atoms with Crippen LogP contribution in [0, 0.1) is 0 Å². The first-order valence-corrected chi connectivity index (χ1v) is 9.75. The van der Waals surface area contributed by atoms with Crippen molar-refractivity contribution in [3.8, 4) is 17.0 Å². The van der Waals surface area contributed by atoms with Crippen molar-refractivity contribution in [2.24, 2.45) is 14.1 Å². The van der Waals surface area contributed by atoms with E-state index in [0.29, 0.717) is 16.5 Å². The number of rotatable bonds is 6. The van der Waals surface area contributed by atoms with Gasteiger partial charge >= 0.3 is 5.97 Å². The van der Waals surface area contributed by atoms with Crippen molar-refractivity contribution in [1.82, 2.24) is 19.6 Å². The van der Waals surface area contributed by atoms with Crippen LogP contribution in [0.1, 0.15) is 11.3 Å². The summed E-state index contributed by atoms with van der Waals surface area (Å²) < 4.78 is 14.4. The van der Waals surface area contributed by atoms with E-state index in [-0.39, 0.29) is 19.0 Å². The van der Waals surface area contributed by atoms with Crippen LogP contribution in [0.3, 0.4) is 0 Å². The van der Waals surface area contributed by atoms with Gasteiger partial charge in [-0.05, 0) is 42.0 Å². The minimum atomic E-state index is -0.339. The lowest BCUT2D eigenvalue weighted by atomic mass is 10.1. The van der Waals surface area contributed by atoms with Gasteiger partial charge in [-0.3, -0.25) is 14.2 Å². The predicted molar refractivity (Wildman–Crippen MR) is 114 cm³/mol. The largest absolute Gasteiger partial charge is 0.496 e. The van der Waals surface area contributed by atoms with E-state index in [1.807, 2.05) is 44.4 Å². The summed E-state index contributed by atoms with van der Waals surface area (Å²) in [5.41, 5.74) is 4.24. The summed E-state index contributed by atoms with van der Waals surface area (Å²) in [6.45, 7) is 0.203. The number of hydrogen-bond donors (Lipinski definition) is 0. The Morgan fingerprint density at radius 2 is 1.93 bits per heavy atom. The Morgan fingerprint density at radius 1 is 1.10 bits per heavy atom. The van der Waals surface area contributed by atoms with Crippen LogP contribution in [0.4, 0.5) is 0 Å².